The third-order valence-electron chi connectivity index (χ3n) is 2.67. The van der Waals surface area contributed by atoms with Gasteiger partial charge in [-0.2, -0.15) is 0 Å². The zero-order chi connectivity index (χ0) is 10.9. The minimum Gasteiger partial charge on any atom is -0.376 e. The fraction of sp³-hybridized carbons (Fsp3) is 0.909. The highest BCUT2D eigenvalue weighted by molar-refractivity contribution is 5.77. The second kappa shape index (κ2) is 7.65. The van der Waals surface area contributed by atoms with Crippen LogP contribution in [0, 0.1) is 0 Å². The fourth-order valence-electron chi connectivity index (χ4n) is 1.87. The van der Waals surface area contributed by atoms with Crippen molar-refractivity contribution in [2.24, 2.45) is 0 Å². The highest BCUT2D eigenvalue weighted by Gasteiger charge is 2.13. The van der Waals surface area contributed by atoms with E-state index in [1.165, 1.54) is 32.1 Å². The molecule has 1 aliphatic carbocycles. The Kier molecular flexibility index (Phi) is 6.36. The van der Waals surface area contributed by atoms with Crippen LogP contribution in [0.25, 0.3) is 0 Å². The molecule has 0 aliphatic heterocycles. The van der Waals surface area contributed by atoms with E-state index in [-0.39, 0.29) is 5.91 Å². The largest absolute Gasteiger partial charge is 0.376 e. The van der Waals surface area contributed by atoms with Gasteiger partial charge < -0.3 is 15.4 Å². The van der Waals surface area contributed by atoms with E-state index in [9.17, 15) is 4.79 Å². The number of hydrogen-bond acceptors (Lipinski definition) is 3. The Morgan fingerprint density at radius 2 is 2.07 bits per heavy atom. The maximum Gasteiger partial charge on any atom is 0.234 e. The molecule has 0 bridgehead atoms. The standard InChI is InChI=1S/C11H22N2O2/c1-12-9-11(14)13-7-8-15-10-5-3-2-4-6-10/h10,12H,2-9H2,1H3,(H,13,14). The molecule has 1 saturated carbocycles. The second-order valence-corrected chi connectivity index (χ2v) is 4.01. The van der Waals surface area contributed by atoms with E-state index in [1.54, 1.807) is 7.05 Å². The Labute approximate surface area is 91.8 Å². The molecule has 0 spiro atoms. The molecule has 0 aromatic rings. The molecule has 0 aromatic carbocycles. The number of ether oxygens (including phenoxy) is 1. The lowest BCUT2D eigenvalue weighted by atomic mass is 9.98. The average Bonchev–Trinajstić information content (AvgIpc) is 2.26. The quantitative estimate of drug-likeness (QED) is 0.639. The van der Waals surface area contributed by atoms with Gasteiger partial charge in [0.2, 0.25) is 5.91 Å². The van der Waals surface area contributed by atoms with Crippen molar-refractivity contribution in [2.75, 3.05) is 26.7 Å². The molecule has 1 amide bonds. The summed E-state index contributed by atoms with van der Waals surface area (Å²) >= 11 is 0. The van der Waals surface area contributed by atoms with E-state index in [2.05, 4.69) is 10.6 Å². The van der Waals surface area contributed by atoms with Gasteiger partial charge in [0.1, 0.15) is 0 Å². The molecule has 1 aliphatic rings. The van der Waals surface area contributed by atoms with Crippen LogP contribution in [0.3, 0.4) is 0 Å². The number of nitrogens with one attached hydrogen (secondary N) is 2. The van der Waals surface area contributed by atoms with Gasteiger partial charge in [0.15, 0.2) is 0 Å². The topological polar surface area (TPSA) is 50.4 Å². The molecule has 1 fully saturated rings. The predicted molar refractivity (Wildman–Crippen MR) is 59.8 cm³/mol. The molecule has 4 heteroatoms. The molecular weight excluding hydrogens is 192 g/mol. The maximum atomic E-state index is 11.1. The first-order valence-electron chi connectivity index (χ1n) is 5.86. The first-order valence-corrected chi connectivity index (χ1v) is 5.86. The monoisotopic (exact) mass is 214 g/mol. The van der Waals surface area contributed by atoms with Crippen LogP contribution >= 0.6 is 0 Å². The van der Waals surface area contributed by atoms with E-state index in [0.717, 1.165) is 0 Å². The molecule has 4 nitrogen and oxygen atoms in total. The van der Waals surface area contributed by atoms with Crippen molar-refractivity contribution in [2.45, 2.75) is 38.2 Å². The van der Waals surface area contributed by atoms with Crippen molar-refractivity contribution >= 4 is 5.91 Å². The third-order valence-corrected chi connectivity index (χ3v) is 2.67. The number of likely N-dealkylation sites (N-methyl/N-ethyl adjacent to an activating group) is 1. The zero-order valence-corrected chi connectivity index (χ0v) is 9.55. The Bertz CT molecular complexity index is 179. The third kappa shape index (κ3) is 5.74. The summed E-state index contributed by atoms with van der Waals surface area (Å²) in [7, 11) is 1.76. The Morgan fingerprint density at radius 1 is 1.33 bits per heavy atom. The SMILES string of the molecule is CNCC(=O)NCCOC1CCCCC1. The molecule has 0 aromatic heterocycles. The van der Waals surface area contributed by atoms with E-state index < -0.39 is 0 Å². The van der Waals surface area contributed by atoms with Crippen molar-refractivity contribution in [3.63, 3.8) is 0 Å². The van der Waals surface area contributed by atoms with Crippen LogP contribution in [0.2, 0.25) is 0 Å². The van der Waals surface area contributed by atoms with Crippen LogP contribution in [0.15, 0.2) is 0 Å². The number of rotatable bonds is 6. The van der Waals surface area contributed by atoms with E-state index in [4.69, 9.17) is 4.74 Å². The first-order chi connectivity index (χ1) is 7.33. The summed E-state index contributed by atoms with van der Waals surface area (Å²) < 4.78 is 5.68. The smallest absolute Gasteiger partial charge is 0.234 e. The van der Waals surface area contributed by atoms with Crippen molar-refractivity contribution in [1.82, 2.24) is 10.6 Å². The van der Waals surface area contributed by atoms with Gasteiger partial charge in [-0.3, -0.25) is 4.79 Å². The lowest BCUT2D eigenvalue weighted by Gasteiger charge is -2.21. The molecule has 88 valence electrons. The lowest BCUT2D eigenvalue weighted by molar-refractivity contribution is -0.120. The molecule has 0 saturated heterocycles. The molecule has 0 radical (unpaired) electrons. The second-order valence-electron chi connectivity index (χ2n) is 4.01. The van der Waals surface area contributed by atoms with E-state index >= 15 is 0 Å². The van der Waals surface area contributed by atoms with Gasteiger partial charge in [-0.25, -0.2) is 0 Å². The van der Waals surface area contributed by atoms with Crippen LogP contribution in [0.4, 0.5) is 0 Å². The molecular formula is C11H22N2O2. The minimum absolute atomic E-state index is 0.0322. The summed E-state index contributed by atoms with van der Waals surface area (Å²) in [4.78, 5) is 11.1. The summed E-state index contributed by atoms with van der Waals surface area (Å²) in [6.45, 7) is 1.64. The fourth-order valence-corrected chi connectivity index (χ4v) is 1.87. The predicted octanol–water partition coefficient (Wildman–Crippen LogP) is 0.671. The summed E-state index contributed by atoms with van der Waals surface area (Å²) in [5.74, 6) is 0.0322. The first kappa shape index (κ1) is 12.5. The average molecular weight is 214 g/mol. The van der Waals surface area contributed by atoms with Crippen LogP contribution in [-0.4, -0.2) is 38.8 Å². The van der Waals surface area contributed by atoms with Gasteiger partial charge >= 0.3 is 0 Å². The minimum atomic E-state index is 0.0322. The van der Waals surface area contributed by atoms with Gasteiger partial charge in [0, 0.05) is 6.54 Å². The van der Waals surface area contributed by atoms with Gasteiger partial charge in [0.05, 0.1) is 19.3 Å². The summed E-state index contributed by atoms with van der Waals surface area (Å²) in [6, 6.07) is 0. The van der Waals surface area contributed by atoms with Crippen molar-refractivity contribution in [3.05, 3.63) is 0 Å². The van der Waals surface area contributed by atoms with Crippen LogP contribution in [0.5, 0.6) is 0 Å². The molecule has 0 unspecified atom stereocenters. The van der Waals surface area contributed by atoms with E-state index in [1.807, 2.05) is 0 Å². The maximum absolute atomic E-state index is 11.1. The van der Waals surface area contributed by atoms with Crippen molar-refractivity contribution < 1.29 is 9.53 Å². The molecule has 2 N–H and O–H groups in total. The zero-order valence-electron chi connectivity index (χ0n) is 9.55. The number of hydrogen-bond donors (Lipinski definition) is 2. The van der Waals surface area contributed by atoms with Gasteiger partial charge in [-0.05, 0) is 19.9 Å². The Morgan fingerprint density at radius 3 is 2.73 bits per heavy atom. The van der Waals surface area contributed by atoms with E-state index in [0.29, 0.717) is 25.8 Å². The number of carbonyl (C=O) groups is 1. The number of amides is 1. The van der Waals surface area contributed by atoms with Crippen molar-refractivity contribution in [1.29, 1.82) is 0 Å². The highest BCUT2D eigenvalue weighted by Crippen LogP contribution is 2.19. The van der Waals surface area contributed by atoms with Gasteiger partial charge in [0.25, 0.3) is 0 Å². The van der Waals surface area contributed by atoms with Crippen LogP contribution < -0.4 is 10.6 Å². The normalized spacial score (nSPS) is 17.7. The summed E-state index contributed by atoms with van der Waals surface area (Å²) in [6.07, 6.45) is 6.72. The Balaban J connectivity index is 1.93. The highest BCUT2D eigenvalue weighted by atomic mass is 16.5. The molecule has 1 rings (SSSR count). The number of carbonyl (C=O) groups excluding carboxylic acids is 1. The van der Waals surface area contributed by atoms with Crippen molar-refractivity contribution in [3.8, 4) is 0 Å². The Hall–Kier alpha value is -0.610. The lowest BCUT2D eigenvalue weighted by Crippen LogP contribution is -2.35. The summed E-state index contributed by atoms with van der Waals surface area (Å²) in [5.41, 5.74) is 0. The van der Waals surface area contributed by atoms with Crippen LogP contribution in [-0.2, 0) is 9.53 Å². The van der Waals surface area contributed by atoms with Gasteiger partial charge in [-0.15, -0.1) is 0 Å². The molecule has 0 heterocycles. The molecule has 0 atom stereocenters. The van der Waals surface area contributed by atoms with Gasteiger partial charge in [-0.1, -0.05) is 19.3 Å². The summed E-state index contributed by atoms with van der Waals surface area (Å²) in [5, 5.41) is 5.60. The van der Waals surface area contributed by atoms with Crippen LogP contribution in [0.1, 0.15) is 32.1 Å². The molecule has 15 heavy (non-hydrogen) atoms.